The molecule has 0 bridgehead atoms. The predicted molar refractivity (Wildman–Crippen MR) is 87.8 cm³/mol. The zero-order valence-corrected chi connectivity index (χ0v) is 13.6. The maximum atomic E-state index is 4.93. The van der Waals surface area contributed by atoms with Crippen LogP contribution >= 0.6 is 0 Å². The van der Waals surface area contributed by atoms with Gasteiger partial charge in [-0.15, -0.1) is 0 Å². The molecule has 110 valence electrons. The van der Waals surface area contributed by atoms with Crippen molar-refractivity contribution in [3.8, 4) is 0 Å². The zero-order valence-electron chi connectivity index (χ0n) is 13.6. The first kappa shape index (κ1) is 15.1. The van der Waals surface area contributed by atoms with E-state index in [1.807, 2.05) is 6.08 Å². The van der Waals surface area contributed by atoms with E-state index in [-0.39, 0.29) is 0 Å². The lowest BCUT2D eigenvalue weighted by atomic mass is 10.00. The standard InChI is InChI=1S/C18H28N2/c1-7-14(6)20-17(8-2)16(11-13(5)12(3)4)18(19-20)15-9-10-15/h8,11-12,14-15H,2,7,9-10H2,1,3-6H3/b13-11+/t14-/m1/s1. The Kier molecular flexibility index (Phi) is 4.52. The van der Waals surface area contributed by atoms with Crippen LogP contribution in [-0.4, -0.2) is 9.78 Å². The fourth-order valence-electron chi connectivity index (χ4n) is 2.39. The highest BCUT2D eigenvalue weighted by Gasteiger charge is 2.31. The van der Waals surface area contributed by atoms with Gasteiger partial charge in [0.25, 0.3) is 0 Å². The van der Waals surface area contributed by atoms with Crippen LogP contribution in [0.5, 0.6) is 0 Å². The van der Waals surface area contributed by atoms with E-state index >= 15 is 0 Å². The summed E-state index contributed by atoms with van der Waals surface area (Å²) in [4.78, 5) is 0. The van der Waals surface area contributed by atoms with E-state index in [0.717, 1.165) is 6.42 Å². The maximum absolute atomic E-state index is 4.93. The second-order valence-corrected chi connectivity index (χ2v) is 6.41. The second-order valence-electron chi connectivity index (χ2n) is 6.41. The molecule has 0 unspecified atom stereocenters. The zero-order chi connectivity index (χ0) is 14.9. The van der Waals surface area contributed by atoms with Crippen molar-refractivity contribution in [2.75, 3.05) is 0 Å². The molecular weight excluding hydrogens is 244 g/mol. The lowest BCUT2D eigenvalue weighted by molar-refractivity contribution is 0.471. The van der Waals surface area contributed by atoms with Crippen molar-refractivity contribution in [2.24, 2.45) is 5.92 Å². The molecule has 1 heterocycles. The molecule has 0 radical (unpaired) electrons. The van der Waals surface area contributed by atoms with Gasteiger partial charge in [-0.3, -0.25) is 4.68 Å². The summed E-state index contributed by atoms with van der Waals surface area (Å²) in [6, 6.07) is 0.432. The molecule has 1 saturated carbocycles. The molecule has 20 heavy (non-hydrogen) atoms. The number of allylic oxidation sites excluding steroid dienone is 1. The molecule has 2 heteroatoms. The van der Waals surface area contributed by atoms with Crippen molar-refractivity contribution in [1.82, 2.24) is 9.78 Å². The van der Waals surface area contributed by atoms with Crippen LogP contribution in [-0.2, 0) is 0 Å². The third-order valence-corrected chi connectivity index (χ3v) is 4.46. The molecule has 0 spiro atoms. The minimum absolute atomic E-state index is 0.432. The summed E-state index contributed by atoms with van der Waals surface area (Å²) in [6.07, 6.45) is 7.98. The van der Waals surface area contributed by atoms with Gasteiger partial charge in [-0.25, -0.2) is 0 Å². The van der Waals surface area contributed by atoms with Crippen molar-refractivity contribution in [3.63, 3.8) is 0 Å². The van der Waals surface area contributed by atoms with Gasteiger partial charge in [0.2, 0.25) is 0 Å². The minimum atomic E-state index is 0.432. The fourth-order valence-corrected chi connectivity index (χ4v) is 2.39. The highest BCUT2D eigenvalue weighted by molar-refractivity contribution is 5.67. The number of hydrogen-bond acceptors (Lipinski definition) is 1. The summed E-state index contributed by atoms with van der Waals surface area (Å²) in [5.74, 6) is 1.25. The van der Waals surface area contributed by atoms with Crippen LogP contribution in [0.4, 0.5) is 0 Å². The Hall–Kier alpha value is -1.31. The van der Waals surface area contributed by atoms with Crippen LogP contribution in [0, 0.1) is 5.92 Å². The summed E-state index contributed by atoms with van der Waals surface area (Å²) in [5.41, 5.74) is 5.22. The van der Waals surface area contributed by atoms with Gasteiger partial charge >= 0.3 is 0 Å². The largest absolute Gasteiger partial charge is 0.262 e. The van der Waals surface area contributed by atoms with Crippen molar-refractivity contribution in [1.29, 1.82) is 0 Å². The van der Waals surface area contributed by atoms with E-state index in [1.165, 1.54) is 35.4 Å². The highest BCUT2D eigenvalue weighted by atomic mass is 15.3. The molecule has 2 nitrogen and oxygen atoms in total. The van der Waals surface area contributed by atoms with Crippen LogP contribution in [0.3, 0.4) is 0 Å². The van der Waals surface area contributed by atoms with E-state index in [0.29, 0.717) is 17.9 Å². The van der Waals surface area contributed by atoms with Crippen molar-refractivity contribution in [2.45, 2.75) is 65.8 Å². The predicted octanol–water partition coefficient (Wildman–Crippen LogP) is 5.43. The fraction of sp³-hybridized carbons (Fsp3) is 0.611. The third kappa shape index (κ3) is 2.89. The Labute approximate surface area is 123 Å². The molecule has 0 aromatic carbocycles. The van der Waals surface area contributed by atoms with Crippen LogP contribution in [0.25, 0.3) is 12.2 Å². The van der Waals surface area contributed by atoms with Crippen molar-refractivity contribution >= 4 is 12.2 Å². The smallest absolute Gasteiger partial charge is 0.0734 e. The molecule has 0 aliphatic heterocycles. The Bertz CT molecular complexity index is 516. The Morgan fingerprint density at radius 3 is 2.50 bits per heavy atom. The number of aromatic nitrogens is 2. The van der Waals surface area contributed by atoms with E-state index in [1.54, 1.807) is 0 Å². The van der Waals surface area contributed by atoms with Crippen LogP contribution in [0.1, 0.15) is 82.8 Å². The molecule has 1 aromatic rings. The lowest BCUT2D eigenvalue weighted by Crippen LogP contribution is -2.08. The number of hydrogen-bond donors (Lipinski definition) is 0. The molecule has 0 saturated heterocycles. The van der Waals surface area contributed by atoms with E-state index in [4.69, 9.17) is 5.10 Å². The summed E-state index contributed by atoms with van der Waals surface area (Å²) < 4.78 is 2.18. The molecule has 1 fully saturated rings. The first-order valence-electron chi connectivity index (χ1n) is 7.92. The average Bonchev–Trinajstić information content (AvgIpc) is 3.20. The average molecular weight is 272 g/mol. The topological polar surface area (TPSA) is 17.8 Å². The van der Waals surface area contributed by atoms with E-state index < -0.39 is 0 Å². The van der Waals surface area contributed by atoms with Gasteiger partial charge < -0.3 is 0 Å². The van der Waals surface area contributed by atoms with Gasteiger partial charge in [0.1, 0.15) is 0 Å². The molecule has 0 amide bonds. The van der Waals surface area contributed by atoms with Crippen LogP contribution in [0.15, 0.2) is 12.2 Å². The van der Waals surface area contributed by atoms with Gasteiger partial charge in [0, 0.05) is 17.5 Å². The van der Waals surface area contributed by atoms with Crippen molar-refractivity contribution < 1.29 is 0 Å². The molecule has 1 aliphatic carbocycles. The van der Waals surface area contributed by atoms with Gasteiger partial charge in [-0.1, -0.05) is 39.0 Å². The Morgan fingerprint density at radius 2 is 2.05 bits per heavy atom. The summed E-state index contributed by atoms with van der Waals surface area (Å²) >= 11 is 0. The molecule has 1 aliphatic rings. The quantitative estimate of drug-likeness (QED) is 0.674. The van der Waals surface area contributed by atoms with Gasteiger partial charge in [0.05, 0.1) is 11.4 Å². The van der Waals surface area contributed by atoms with E-state index in [9.17, 15) is 0 Å². The summed E-state index contributed by atoms with van der Waals surface area (Å²) in [7, 11) is 0. The molecule has 1 atom stereocenters. The minimum Gasteiger partial charge on any atom is -0.262 e. The number of nitrogens with zero attached hydrogens (tertiary/aromatic N) is 2. The second kappa shape index (κ2) is 5.99. The first-order chi connectivity index (χ1) is 9.49. The molecule has 2 rings (SSSR count). The van der Waals surface area contributed by atoms with Gasteiger partial charge in [0.15, 0.2) is 0 Å². The number of rotatable bonds is 6. The normalized spacial score (nSPS) is 17.6. The Morgan fingerprint density at radius 1 is 1.40 bits per heavy atom. The molecule has 0 N–H and O–H groups in total. The van der Waals surface area contributed by atoms with E-state index in [2.05, 4.69) is 52.0 Å². The van der Waals surface area contributed by atoms with Crippen LogP contribution < -0.4 is 0 Å². The SMILES string of the molecule is C=Cc1c(/C=C(\C)C(C)C)c(C2CC2)nn1[C@H](C)CC. The third-order valence-electron chi connectivity index (χ3n) is 4.46. The monoisotopic (exact) mass is 272 g/mol. The highest BCUT2D eigenvalue weighted by Crippen LogP contribution is 2.43. The first-order valence-corrected chi connectivity index (χ1v) is 7.92. The Balaban J connectivity index is 2.54. The maximum Gasteiger partial charge on any atom is 0.0734 e. The molecule has 1 aromatic heterocycles. The van der Waals surface area contributed by atoms with Crippen LogP contribution in [0.2, 0.25) is 0 Å². The van der Waals surface area contributed by atoms with Crippen molar-refractivity contribution in [3.05, 3.63) is 29.1 Å². The lowest BCUT2D eigenvalue weighted by Gasteiger charge is -2.12. The molecular formula is C18H28N2. The van der Waals surface area contributed by atoms with Gasteiger partial charge in [-0.05, 0) is 45.1 Å². The summed E-state index contributed by atoms with van der Waals surface area (Å²) in [6.45, 7) is 15.2. The summed E-state index contributed by atoms with van der Waals surface area (Å²) in [5, 5.41) is 4.93. The van der Waals surface area contributed by atoms with Gasteiger partial charge in [-0.2, -0.15) is 5.10 Å².